The zero-order chi connectivity index (χ0) is 53.7. The maximum absolute atomic E-state index is 13.4. The smallest absolute Gasteiger partial charge is 0.462 e. The molecular formula is C50H85N3O18P2. The number of carbonyl (C=O) groups excluding carboxylic acids is 2. The molecule has 0 aromatic carbocycles. The van der Waals surface area contributed by atoms with Crippen LogP contribution in [0.2, 0.25) is 0 Å². The molecule has 3 heterocycles. The minimum absolute atomic E-state index is 0.0105. The van der Waals surface area contributed by atoms with E-state index in [1.54, 1.807) is 0 Å². The lowest BCUT2D eigenvalue weighted by atomic mass is 9.82. The highest BCUT2D eigenvalue weighted by atomic mass is 31.3. The number of nitrogens with two attached hydrogens (primary N) is 1. The van der Waals surface area contributed by atoms with Gasteiger partial charge in [0.2, 0.25) is 0 Å². The Morgan fingerprint density at radius 1 is 0.836 bits per heavy atom. The van der Waals surface area contributed by atoms with Crippen LogP contribution in [0.3, 0.4) is 0 Å². The number of rotatable bonds is 22. The van der Waals surface area contributed by atoms with Gasteiger partial charge in [0.15, 0.2) is 6.10 Å². The van der Waals surface area contributed by atoms with Crippen molar-refractivity contribution in [2.75, 3.05) is 25.6 Å². The molecule has 2 fully saturated rings. The summed E-state index contributed by atoms with van der Waals surface area (Å²) in [5, 5.41) is 57.5. The molecule has 2 aliphatic heterocycles. The molecule has 418 valence electrons. The number of aliphatic hydroxyl groups is 5. The van der Waals surface area contributed by atoms with Crippen LogP contribution in [0.25, 0.3) is 0 Å². The van der Waals surface area contributed by atoms with Crippen molar-refractivity contribution in [3.8, 4) is 0 Å². The molecule has 12 atom stereocenters. The van der Waals surface area contributed by atoms with Crippen molar-refractivity contribution in [3.63, 3.8) is 0 Å². The van der Waals surface area contributed by atoms with Crippen LogP contribution in [0.4, 0.5) is 5.82 Å². The molecule has 0 amide bonds. The third-order valence-electron chi connectivity index (χ3n) is 12.8. The predicted molar refractivity (Wildman–Crippen MR) is 272 cm³/mol. The summed E-state index contributed by atoms with van der Waals surface area (Å²) in [7, 11) is -11.3. The zero-order valence-electron chi connectivity index (χ0n) is 42.8. The highest BCUT2D eigenvalue weighted by molar-refractivity contribution is 7.61. The molecule has 0 saturated carbocycles. The number of phosphoric ester groups is 2. The molecule has 2 aliphatic rings. The minimum atomic E-state index is -5.70. The van der Waals surface area contributed by atoms with Crippen molar-refractivity contribution in [1.82, 2.24) is 9.55 Å². The monoisotopic (exact) mass is 1080 g/mol. The molecule has 2 unspecified atom stereocenters. The largest absolute Gasteiger partial charge is 0.481 e. The number of carbonyl (C=O) groups is 2. The number of nitrogens with zero attached hydrogens (tertiary/aromatic N) is 2. The fourth-order valence-corrected chi connectivity index (χ4v) is 10.7. The van der Waals surface area contributed by atoms with E-state index in [4.69, 9.17) is 29.0 Å². The maximum atomic E-state index is 13.4. The fraction of sp³-hybridized carbons (Fsp3) is 0.760. The number of hydrogen-bond acceptors (Lipinski definition) is 18. The Bertz CT molecular complexity index is 1990. The van der Waals surface area contributed by atoms with Gasteiger partial charge in [-0.05, 0) is 57.4 Å². The van der Waals surface area contributed by atoms with Crippen LogP contribution < -0.4 is 11.4 Å². The zero-order valence-corrected chi connectivity index (χ0v) is 44.6. The molecule has 0 spiro atoms. The molecule has 2 saturated heterocycles. The molecule has 21 nitrogen and oxygen atoms in total. The number of ether oxygens (including phenoxy) is 3. The maximum Gasteiger partial charge on any atom is 0.481 e. The lowest BCUT2D eigenvalue weighted by molar-refractivity contribution is -0.195. The number of esters is 2. The second kappa shape index (κ2) is 35.2. The predicted octanol–water partition coefficient (Wildman–Crippen LogP) is 7.16. The van der Waals surface area contributed by atoms with Crippen molar-refractivity contribution < 1.29 is 81.6 Å². The first kappa shape index (κ1) is 64.1. The van der Waals surface area contributed by atoms with Crippen LogP contribution in [0.5, 0.6) is 0 Å². The average Bonchev–Trinajstić information content (AvgIpc) is 3.33. The Hall–Kier alpha value is -3.14. The van der Waals surface area contributed by atoms with E-state index in [9.17, 15) is 58.8 Å². The molecule has 1 aromatic heterocycles. The van der Waals surface area contributed by atoms with E-state index in [1.807, 2.05) is 6.92 Å². The molecule has 9 N–H and O–H groups in total. The first-order valence-electron chi connectivity index (χ1n) is 26.3. The molecular weight excluding hydrogens is 993 g/mol. The fourth-order valence-electron chi connectivity index (χ4n) is 8.61. The van der Waals surface area contributed by atoms with E-state index in [1.165, 1.54) is 50.1 Å². The average molecular weight is 1080 g/mol. The first-order chi connectivity index (χ1) is 34.9. The third-order valence-corrected chi connectivity index (χ3v) is 15.4. The molecule has 0 radical (unpaired) electrons. The van der Waals surface area contributed by atoms with Gasteiger partial charge in [-0.3, -0.25) is 23.2 Å². The van der Waals surface area contributed by atoms with Gasteiger partial charge in [0.25, 0.3) is 0 Å². The molecule has 2 bridgehead atoms. The number of aliphatic hydroxyl groups excluding tert-OH is 5. The van der Waals surface area contributed by atoms with Crippen molar-refractivity contribution in [1.29, 1.82) is 0 Å². The van der Waals surface area contributed by atoms with E-state index in [2.05, 4.69) is 40.5 Å². The Labute approximate surface area is 430 Å². The van der Waals surface area contributed by atoms with E-state index in [0.717, 1.165) is 55.9 Å². The second-order valence-corrected chi connectivity index (χ2v) is 22.1. The summed E-state index contributed by atoms with van der Waals surface area (Å²) < 4.78 is 59.2. The van der Waals surface area contributed by atoms with Gasteiger partial charge in [0.05, 0.1) is 37.6 Å². The number of anilines is 1. The second-order valence-electron chi connectivity index (χ2n) is 19.0. The summed E-state index contributed by atoms with van der Waals surface area (Å²) >= 11 is 0. The van der Waals surface area contributed by atoms with Crippen LogP contribution in [-0.2, 0) is 46.3 Å². The topological polar surface area (TPSA) is 326 Å². The van der Waals surface area contributed by atoms with Gasteiger partial charge < -0.3 is 55.3 Å². The van der Waals surface area contributed by atoms with Crippen LogP contribution in [-0.4, -0.2) is 119 Å². The highest BCUT2D eigenvalue weighted by Gasteiger charge is 2.45. The standard InChI is InChI=1S/C50H85N3O18P2/c1-3-5-7-8-9-10-11-12-13-14-15-16-17-18-24-28-46(58)69-38-34-66-45(57)27-23-20-19-22-26-40-42(56)33-41(55)39(30-29-37(54)25-21-6-4-2)47(59)48(60)43(36-68-73(64,65)71-72(62,63)67-35-38)70-49(40)53-32-31-44(51)52-50(53)61/h10-13,29-32,37-43,47-49,54-56,59-60H,3-9,14-28,33-36H2,1-2H3,(H,62,63)(H,64,65)(H2,51,52,61)/b11-10-,13-12-,30-29+/t37-,38+,39-,40-,41+,42-,43+,47-,48+,49+/m0/s1. The van der Waals surface area contributed by atoms with E-state index in [0.29, 0.717) is 44.9 Å². The number of fused-ring (bicyclic) bond motifs is 3. The Morgan fingerprint density at radius 3 is 2.15 bits per heavy atom. The van der Waals surface area contributed by atoms with E-state index in [-0.39, 0.29) is 25.1 Å². The van der Waals surface area contributed by atoms with Crippen molar-refractivity contribution in [3.05, 3.63) is 59.2 Å². The molecule has 1 aromatic rings. The van der Waals surface area contributed by atoms with Gasteiger partial charge in [0, 0.05) is 37.3 Å². The molecule has 23 heteroatoms. The van der Waals surface area contributed by atoms with Gasteiger partial charge >= 0.3 is 33.3 Å². The Morgan fingerprint density at radius 2 is 1.47 bits per heavy atom. The number of allylic oxidation sites excluding steroid dienone is 4. The summed E-state index contributed by atoms with van der Waals surface area (Å²) in [6, 6.07) is 1.26. The lowest BCUT2D eigenvalue weighted by Crippen LogP contribution is -2.52. The van der Waals surface area contributed by atoms with Crippen LogP contribution in [0, 0.1) is 11.8 Å². The SMILES string of the molecule is CCCCCC/C=C\C=C/CCCCCCCC(=O)O[C@@H]1COC(=O)CCCCCC[C@@H]2[C@H](n3ccc(N)nc3=O)O[C@H](COP(=O)(O)OP(=O)(O)OC1)[C@@H](O)[C@@H](O)[C@@H](/C=C/[C@@H](O)CCCCC)[C@H](O)C[C@@H]2O. The van der Waals surface area contributed by atoms with E-state index < -0.39 is 120 Å². The van der Waals surface area contributed by atoms with Gasteiger partial charge in [0.1, 0.15) is 30.9 Å². The number of phosphoric acid groups is 2. The summed E-state index contributed by atoms with van der Waals surface area (Å²) in [6.45, 7) is 1.50. The lowest BCUT2D eigenvalue weighted by Gasteiger charge is -2.41. The van der Waals surface area contributed by atoms with Gasteiger partial charge in [-0.15, -0.1) is 0 Å². The first-order valence-corrected chi connectivity index (χ1v) is 29.3. The van der Waals surface area contributed by atoms with Gasteiger partial charge in [-0.1, -0.05) is 127 Å². The van der Waals surface area contributed by atoms with Crippen LogP contribution in [0.1, 0.15) is 168 Å². The third kappa shape index (κ3) is 26.0. The van der Waals surface area contributed by atoms with Crippen molar-refractivity contribution in [2.24, 2.45) is 11.8 Å². The molecule has 0 aliphatic carbocycles. The Kier molecular flexibility index (Phi) is 31.0. The van der Waals surface area contributed by atoms with E-state index >= 15 is 0 Å². The number of unbranched alkanes of at least 4 members (excludes halogenated alkanes) is 11. The van der Waals surface area contributed by atoms with Gasteiger partial charge in [-0.25, -0.2) is 13.9 Å². The van der Waals surface area contributed by atoms with Crippen LogP contribution in [0.15, 0.2) is 53.5 Å². The number of hydrogen-bond donors (Lipinski definition) is 8. The van der Waals surface area contributed by atoms with Gasteiger partial charge in [-0.2, -0.15) is 9.29 Å². The van der Waals surface area contributed by atoms with Crippen molar-refractivity contribution >= 4 is 33.4 Å². The summed E-state index contributed by atoms with van der Waals surface area (Å²) in [4.78, 5) is 64.3. The Balaban J connectivity index is 1.80. The van der Waals surface area contributed by atoms with Crippen LogP contribution >= 0.6 is 15.6 Å². The number of nitrogen functional groups attached to an aromatic ring is 1. The summed E-state index contributed by atoms with van der Waals surface area (Å²) in [5.41, 5.74) is 4.81. The summed E-state index contributed by atoms with van der Waals surface area (Å²) in [6.07, 6.45) is 14.3. The van der Waals surface area contributed by atoms with Crippen molar-refractivity contribution in [2.45, 2.75) is 210 Å². The molecule has 3 rings (SSSR count). The quantitative estimate of drug-likeness (QED) is 0.0188. The minimum Gasteiger partial charge on any atom is -0.462 e. The number of aromatic nitrogens is 2. The molecule has 73 heavy (non-hydrogen) atoms. The highest BCUT2D eigenvalue weighted by Crippen LogP contribution is 2.60. The normalized spacial score (nSPS) is 30.5. The number of cyclic esters (lactones) is 1. The summed E-state index contributed by atoms with van der Waals surface area (Å²) in [5.74, 6) is -4.02.